The van der Waals surface area contributed by atoms with Crippen molar-refractivity contribution < 1.29 is 13.2 Å². The number of sulfonamides is 1. The molecule has 3 rings (SSSR count). The van der Waals surface area contributed by atoms with E-state index in [1.54, 1.807) is 24.5 Å². The zero-order chi connectivity index (χ0) is 20.1. The monoisotopic (exact) mass is 406 g/mol. The second-order valence-corrected chi connectivity index (χ2v) is 9.27. The van der Waals surface area contributed by atoms with Crippen molar-refractivity contribution in [2.75, 3.05) is 13.1 Å². The Hall–Kier alpha value is -1.93. The van der Waals surface area contributed by atoms with Gasteiger partial charge in [-0.05, 0) is 31.0 Å². The number of nitrogens with one attached hydrogen (secondary N) is 1. The van der Waals surface area contributed by atoms with Crippen molar-refractivity contribution in [1.82, 2.24) is 19.2 Å². The SMILES string of the molecule is CCN(CC)S(=O)(=O)c1ccc2c(c1)ncn2CCC(=O)NC1CCCCC1. The molecule has 28 heavy (non-hydrogen) atoms. The number of carbonyl (C=O) groups is 1. The predicted molar refractivity (Wildman–Crippen MR) is 109 cm³/mol. The Kier molecular flexibility index (Phi) is 6.72. The van der Waals surface area contributed by atoms with E-state index in [1.165, 1.54) is 23.6 Å². The Bertz CT molecular complexity index is 913. The Balaban J connectivity index is 1.68. The minimum absolute atomic E-state index is 0.0643. The van der Waals surface area contributed by atoms with E-state index in [-0.39, 0.29) is 10.8 Å². The summed E-state index contributed by atoms with van der Waals surface area (Å²) in [6, 6.07) is 5.32. The van der Waals surface area contributed by atoms with E-state index in [4.69, 9.17) is 0 Å². The van der Waals surface area contributed by atoms with Crippen LogP contribution in [0.1, 0.15) is 52.4 Å². The number of benzene rings is 1. The van der Waals surface area contributed by atoms with Crippen LogP contribution in [-0.2, 0) is 21.4 Å². The summed E-state index contributed by atoms with van der Waals surface area (Å²) in [6.07, 6.45) is 7.85. The number of fused-ring (bicyclic) bond motifs is 1. The Labute approximate surface area is 167 Å². The number of amides is 1. The summed E-state index contributed by atoms with van der Waals surface area (Å²) in [5.41, 5.74) is 1.46. The molecule has 0 atom stereocenters. The minimum atomic E-state index is -3.51. The molecule has 1 aliphatic carbocycles. The normalized spacial score (nSPS) is 16.0. The second-order valence-electron chi connectivity index (χ2n) is 7.33. The van der Waals surface area contributed by atoms with E-state index in [1.807, 2.05) is 18.4 Å². The zero-order valence-electron chi connectivity index (χ0n) is 16.7. The third kappa shape index (κ3) is 4.55. The number of hydrogen-bond acceptors (Lipinski definition) is 4. The molecule has 1 amide bonds. The Morgan fingerprint density at radius 3 is 2.61 bits per heavy atom. The topological polar surface area (TPSA) is 84.3 Å². The van der Waals surface area contributed by atoms with Gasteiger partial charge < -0.3 is 9.88 Å². The minimum Gasteiger partial charge on any atom is -0.353 e. The van der Waals surface area contributed by atoms with Gasteiger partial charge in [0.05, 0.1) is 22.3 Å². The van der Waals surface area contributed by atoms with Gasteiger partial charge in [-0.25, -0.2) is 13.4 Å². The Morgan fingerprint density at radius 1 is 1.21 bits per heavy atom. The molecule has 7 nitrogen and oxygen atoms in total. The first kappa shape index (κ1) is 20.8. The molecule has 0 radical (unpaired) electrons. The van der Waals surface area contributed by atoms with Crippen LogP contribution in [0.2, 0.25) is 0 Å². The lowest BCUT2D eigenvalue weighted by molar-refractivity contribution is -0.122. The molecule has 1 fully saturated rings. The van der Waals surface area contributed by atoms with E-state index < -0.39 is 10.0 Å². The molecule has 154 valence electrons. The smallest absolute Gasteiger partial charge is 0.243 e. The highest BCUT2D eigenvalue weighted by molar-refractivity contribution is 7.89. The van der Waals surface area contributed by atoms with Gasteiger partial charge in [-0.2, -0.15) is 4.31 Å². The first-order valence-electron chi connectivity index (χ1n) is 10.2. The average molecular weight is 407 g/mol. The van der Waals surface area contributed by atoms with Crippen molar-refractivity contribution in [2.24, 2.45) is 0 Å². The summed E-state index contributed by atoms with van der Waals surface area (Å²) < 4.78 is 28.7. The number of imidazole rings is 1. The van der Waals surface area contributed by atoms with Crippen molar-refractivity contribution in [3.8, 4) is 0 Å². The van der Waals surface area contributed by atoms with Gasteiger partial charge >= 0.3 is 0 Å². The van der Waals surface area contributed by atoms with Gasteiger partial charge in [0.25, 0.3) is 0 Å². The van der Waals surface area contributed by atoms with Crippen LogP contribution in [0.3, 0.4) is 0 Å². The van der Waals surface area contributed by atoms with Gasteiger partial charge in [0, 0.05) is 32.1 Å². The van der Waals surface area contributed by atoms with Crippen LogP contribution in [0.4, 0.5) is 0 Å². The molecule has 1 N–H and O–H groups in total. The highest BCUT2D eigenvalue weighted by Gasteiger charge is 2.22. The van der Waals surface area contributed by atoms with Gasteiger partial charge in [-0.15, -0.1) is 0 Å². The molecule has 8 heteroatoms. The van der Waals surface area contributed by atoms with Gasteiger partial charge in [0.1, 0.15) is 0 Å². The lowest BCUT2D eigenvalue weighted by atomic mass is 9.95. The fourth-order valence-corrected chi connectivity index (χ4v) is 5.34. The highest BCUT2D eigenvalue weighted by Crippen LogP contribution is 2.22. The lowest BCUT2D eigenvalue weighted by Gasteiger charge is -2.22. The third-order valence-electron chi connectivity index (χ3n) is 5.49. The summed E-state index contributed by atoms with van der Waals surface area (Å²) in [5, 5.41) is 3.13. The standard InChI is InChI=1S/C20H30N4O3S/c1-3-24(4-2)28(26,27)17-10-11-19-18(14-17)21-15-23(19)13-12-20(25)22-16-8-6-5-7-9-16/h10-11,14-16H,3-9,12-13H2,1-2H3,(H,22,25). The van der Waals surface area contributed by atoms with E-state index in [0.29, 0.717) is 37.6 Å². The van der Waals surface area contributed by atoms with Crippen LogP contribution in [-0.4, -0.2) is 47.3 Å². The molecule has 0 unspecified atom stereocenters. The molecule has 0 bridgehead atoms. The largest absolute Gasteiger partial charge is 0.353 e. The summed E-state index contributed by atoms with van der Waals surface area (Å²) in [7, 11) is -3.51. The average Bonchev–Trinajstić information content (AvgIpc) is 3.10. The second kappa shape index (κ2) is 9.05. The number of carbonyl (C=O) groups excluding carboxylic acids is 1. The third-order valence-corrected chi connectivity index (χ3v) is 7.53. The van der Waals surface area contributed by atoms with Crippen molar-refractivity contribution in [3.63, 3.8) is 0 Å². The van der Waals surface area contributed by atoms with Crippen LogP contribution < -0.4 is 5.32 Å². The molecule has 0 spiro atoms. The van der Waals surface area contributed by atoms with E-state index in [2.05, 4.69) is 10.3 Å². The van der Waals surface area contributed by atoms with Gasteiger partial charge in [0.15, 0.2) is 0 Å². The molecule has 1 saturated carbocycles. The maximum absolute atomic E-state index is 12.7. The molecule has 0 aliphatic heterocycles. The van der Waals surface area contributed by atoms with Gasteiger partial charge in [-0.1, -0.05) is 33.1 Å². The van der Waals surface area contributed by atoms with Crippen molar-refractivity contribution in [2.45, 2.75) is 69.9 Å². The maximum Gasteiger partial charge on any atom is 0.243 e. The van der Waals surface area contributed by atoms with E-state index >= 15 is 0 Å². The summed E-state index contributed by atoms with van der Waals surface area (Å²) >= 11 is 0. The summed E-state index contributed by atoms with van der Waals surface area (Å²) in [4.78, 5) is 16.8. The van der Waals surface area contributed by atoms with Crippen LogP contribution >= 0.6 is 0 Å². The van der Waals surface area contributed by atoms with Crippen molar-refractivity contribution in [1.29, 1.82) is 0 Å². The first-order chi connectivity index (χ1) is 13.5. The van der Waals surface area contributed by atoms with Crippen LogP contribution in [0.5, 0.6) is 0 Å². The molecule has 1 aromatic carbocycles. The molecular formula is C20H30N4O3S. The lowest BCUT2D eigenvalue weighted by Crippen LogP contribution is -2.36. The summed E-state index contributed by atoms with van der Waals surface area (Å²) in [5.74, 6) is 0.0643. The molecule has 0 saturated heterocycles. The van der Waals surface area contributed by atoms with Gasteiger partial charge in [0.2, 0.25) is 15.9 Å². The van der Waals surface area contributed by atoms with Crippen molar-refractivity contribution >= 4 is 27.0 Å². The maximum atomic E-state index is 12.7. The Morgan fingerprint density at radius 2 is 1.93 bits per heavy atom. The van der Waals surface area contributed by atoms with Crippen LogP contribution in [0, 0.1) is 0 Å². The number of aryl methyl sites for hydroxylation is 1. The molecule has 2 aromatic rings. The predicted octanol–water partition coefficient (Wildman–Crippen LogP) is 2.91. The highest BCUT2D eigenvalue weighted by atomic mass is 32.2. The van der Waals surface area contributed by atoms with Crippen LogP contribution in [0.15, 0.2) is 29.4 Å². The van der Waals surface area contributed by atoms with Crippen LogP contribution in [0.25, 0.3) is 11.0 Å². The van der Waals surface area contributed by atoms with E-state index in [0.717, 1.165) is 18.4 Å². The molecular weight excluding hydrogens is 376 g/mol. The number of hydrogen-bond donors (Lipinski definition) is 1. The fraction of sp³-hybridized carbons (Fsp3) is 0.600. The molecule has 1 heterocycles. The summed E-state index contributed by atoms with van der Waals surface area (Å²) in [6.45, 7) is 5.04. The zero-order valence-corrected chi connectivity index (χ0v) is 17.5. The number of nitrogens with zero attached hydrogens (tertiary/aromatic N) is 3. The molecule has 1 aromatic heterocycles. The number of aromatic nitrogens is 2. The molecule has 1 aliphatic rings. The van der Waals surface area contributed by atoms with Gasteiger partial charge in [-0.3, -0.25) is 4.79 Å². The van der Waals surface area contributed by atoms with E-state index in [9.17, 15) is 13.2 Å². The quantitative estimate of drug-likeness (QED) is 0.730. The van der Waals surface area contributed by atoms with Crippen molar-refractivity contribution in [3.05, 3.63) is 24.5 Å². The number of rotatable bonds is 8. The fourth-order valence-electron chi connectivity index (χ4n) is 3.86. The first-order valence-corrected chi connectivity index (χ1v) is 11.6.